The van der Waals surface area contributed by atoms with Crippen LogP contribution in [0.15, 0.2) is 67.1 Å². The zero-order chi connectivity index (χ0) is 21.9. The molecule has 2 atom stereocenters. The number of rotatable bonds is 7. The van der Waals surface area contributed by atoms with Crippen LogP contribution in [0.1, 0.15) is 17.8 Å². The van der Waals surface area contributed by atoms with Crippen molar-refractivity contribution in [3.8, 4) is 11.4 Å². The predicted molar refractivity (Wildman–Crippen MR) is 122 cm³/mol. The number of ketones is 1. The molecular formula is C25H25N5O2. The van der Waals surface area contributed by atoms with E-state index >= 15 is 0 Å². The second-order valence-corrected chi connectivity index (χ2v) is 8.25. The zero-order valence-electron chi connectivity index (χ0n) is 17.9. The lowest BCUT2D eigenvalue weighted by Gasteiger charge is -2.19. The molecule has 3 aromatic heterocycles. The maximum absolute atomic E-state index is 12.8. The summed E-state index contributed by atoms with van der Waals surface area (Å²) in [5, 5.41) is 8.81. The molecule has 7 nitrogen and oxygen atoms in total. The number of nitrogens with one attached hydrogen (secondary N) is 1. The first-order valence-electron chi connectivity index (χ1n) is 10.9. The minimum atomic E-state index is -0.00107. The molecule has 7 heteroatoms. The van der Waals surface area contributed by atoms with E-state index in [2.05, 4.69) is 20.4 Å². The molecule has 5 rings (SSSR count). The van der Waals surface area contributed by atoms with Crippen LogP contribution >= 0.6 is 0 Å². The van der Waals surface area contributed by atoms with Gasteiger partial charge in [0.2, 0.25) is 0 Å². The van der Waals surface area contributed by atoms with E-state index in [9.17, 15) is 4.79 Å². The Morgan fingerprint density at radius 1 is 1.12 bits per heavy atom. The number of carbonyl (C=O) groups excluding carboxylic acids is 1. The van der Waals surface area contributed by atoms with Crippen LogP contribution in [0.2, 0.25) is 0 Å². The number of fused-ring (bicyclic) bond motifs is 1. The van der Waals surface area contributed by atoms with E-state index in [0.29, 0.717) is 12.8 Å². The lowest BCUT2D eigenvalue weighted by atomic mass is 9.97. The molecule has 4 heterocycles. The van der Waals surface area contributed by atoms with Crippen molar-refractivity contribution in [2.45, 2.75) is 25.9 Å². The first-order valence-corrected chi connectivity index (χ1v) is 10.9. The van der Waals surface area contributed by atoms with Gasteiger partial charge in [-0.2, -0.15) is 5.10 Å². The van der Waals surface area contributed by atoms with Crippen LogP contribution in [0.3, 0.4) is 0 Å². The Labute approximate surface area is 186 Å². The number of ether oxygens (including phenoxy) is 1. The van der Waals surface area contributed by atoms with Gasteiger partial charge in [0.25, 0.3) is 0 Å². The van der Waals surface area contributed by atoms with Gasteiger partial charge in [-0.3, -0.25) is 14.8 Å². The minimum Gasteiger partial charge on any atom is -0.489 e. The van der Waals surface area contributed by atoms with Crippen LogP contribution in [0, 0.1) is 12.8 Å². The van der Waals surface area contributed by atoms with Gasteiger partial charge < -0.3 is 10.1 Å². The Morgan fingerprint density at radius 2 is 2.00 bits per heavy atom. The van der Waals surface area contributed by atoms with Crippen molar-refractivity contribution in [1.82, 2.24) is 25.1 Å². The number of hydrogen-bond donors (Lipinski definition) is 1. The van der Waals surface area contributed by atoms with Crippen molar-refractivity contribution in [3.05, 3.63) is 78.5 Å². The minimum absolute atomic E-state index is 0.00107. The summed E-state index contributed by atoms with van der Waals surface area (Å²) in [5.41, 5.74) is 3.54. The molecule has 4 aromatic rings. The van der Waals surface area contributed by atoms with Gasteiger partial charge in [0, 0.05) is 54.8 Å². The molecule has 1 aliphatic rings. The van der Waals surface area contributed by atoms with Gasteiger partial charge >= 0.3 is 0 Å². The largest absolute Gasteiger partial charge is 0.489 e. The Bertz CT molecular complexity index is 1240. The van der Waals surface area contributed by atoms with Crippen molar-refractivity contribution < 1.29 is 9.53 Å². The lowest BCUT2D eigenvalue weighted by molar-refractivity contribution is -0.119. The number of aromatic nitrogens is 4. The maximum atomic E-state index is 12.8. The second-order valence-electron chi connectivity index (χ2n) is 8.25. The molecule has 0 amide bonds. The molecule has 32 heavy (non-hydrogen) atoms. The van der Waals surface area contributed by atoms with E-state index in [0.717, 1.165) is 46.8 Å². The number of carbonyl (C=O) groups is 1. The van der Waals surface area contributed by atoms with Crippen molar-refractivity contribution in [3.63, 3.8) is 0 Å². The molecule has 1 aliphatic heterocycles. The summed E-state index contributed by atoms with van der Waals surface area (Å²) < 4.78 is 7.95. The third-order valence-electron chi connectivity index (χ3n) is 5.81. The average Bonchev–Trinajstić information content (AvgIpc) is 3.41. The highest BCUT2D eigenvalue weighted by Gasteiger charge is 2.30. The Kier molecular flexibility index (Phi) is 5.64. The van der Waals surface area contributed by atoms with Crippen molar-refractivity contribution in [2.24, 2.45) is 5.92 Å². The smallest absolute Gasteiger partial charge is 0.139 e. The van der Waals surface area contributed by atoms with E-state index in [1.54, 1.807) is 12.4 Å². The average molecular weight is 428 g/mol. The first kappa shape index (κ1) is 20.3. The second kappa shape index (κ2) is 8.88. The number of aryl methyl sites for hydroxylation is 1. The number of pyridine rings is 2. The number of hydrogen-bond acceptors (Lipinski definition) is 6. The van der Waals surface area contributed by atoms with Gasteiger partial charge in [-0.15, -0.1) is 0 Å². The van der Waals surface area contributed by atoms with Crippen LogP contribution in [0.25, 0.3) is 16.6 Å². The molecule has 0 aliphatic carbocycles. The number of para-hydroxylation sites is 1. The highest BCUT2D eigenvalue weighted by Crippen LogP contribution is 2.23. The van der Waals surface area contributed by atoms with Gasteiger partial charge in [-0.1, -0.05) is 18.2 Å². The topological polar surface area (TPSA) is 81.9 Å². The van der Waals surface area contributed by atoms with E-state index < -0.39 is 0 Å². The molecule has 162 valence electrons. The Morgan fingerprint density at radius 3 is 2.84 bits per heavy atom. The number of nitrogens with zero attached hydrogens (tertiary/aromatic N) is 4. The normalized spacial score (nSPS) is 18.2. The fraction of sp³-hybridized carbons (Fsp3) is 0.280. The summed E-state index contributed by atoms with van der Waals surface area (Å²) in [4.78, 5) is 21.6. The third-order valence-corrected chi connectivity index (χ3v) is 5.81. The molecular weight excluding hydrogens is 402 g/mol. The van der Waals surface area contributed by atoms with E-state index in [1.165, 1.54) is 0 Å². The fourth-order valence-corrected chi connectivity index (χ4v) is 4.23. The zero-order valence-corrected chi connectivity index (χ0v) is 17.9. The third kappa shape index (κ3) is 4.38. The van der Waals surface area contributed by atoms with Crippen LogP contribution < -0.4 is 10.1 Å². The lowest BCUT2D eigenvalue weighted by Crippen LogP contribution is -2.28. The summed E-state index contributed by atoms with van der Waals surface area (Å²) in [6.45, 7) is 3.49. The van der Waals surface area contributed by atoms with E-state index in [1.807, 2.05) is 66.3 Å². The maximum Gasteiger partial charge on any atom is 0.139 e. The summed E-state index contributed by atoms with van der Waals surface area (Å²) >= 11 is 0. The standard InChI is InChI=1S/C25H25N5O2/c1-17-9-21(7-8-27-17)30-24-15-28-20(10-18(24)14-29-30)12-22(31)11-19-13-26-16-25(19)32-23-5-3-2-4-6-23/h2-10,14-15,19,25-26H,11-13,16H2,1H3/t19-,25-/m0/s1. The molecule has 0 saturated carbocycles. The Balaban J connectivity index is 1.26. The molecule has 0 radical (unpaired) electrons. The summed E-state index contributed by atoms with van der Waals surface area (Å²) in [7, 11) is 0. The van der Waals surface area contributed by atoms with Crippen LogP contribution in [0.5, 0.6) is 5.75 Å². The quantitative estimate of drug-likeness (QED) is 0.487. The van der Waals surface area contributed by atoms with Crippen molar-refractivity contribution in [2.75, 3.05) is 13.1 Å². The summed E-state index contributed by atoms with van der Waals surface area (Å²) in [6, 6.07) is 15.6. The summed E-state index contributed by atoms with van der Waals surface area (Å²) in [5.74, 6) is 1.17. The molecule has 1 fully saturated rings. The molecule has 1 aromatic carbocycles. The van der Waals surface area contributed by atoms with Crippen LogP contribution in [0.4, 0.5) is 0 Å². The number of benzene rings is 1. The first-order chi connectivity index (χ1) is 15.7. The molecule has 1 N–H and O–H groups in total. The number of Topliss-reactive ketones (excluding diaryl/α,β-unsaturated/α-hetero) is 1. The molecule has 0 unspecified atom stereocenters. The molecule has 1 saturated heterocycles. The van der Waals surface area contributed by atoms with Gasteiger partial charge in [-0.25, -0.2) is 4.68 Å². The van der Waals surface area contributed by atoms with Crippen LogP contribution in [-0.2, 0) is 11.2 Å². The van der Waals surface area contributed by atoms with Gasteiger partial charge in [0.15, 0.2) is 0 Å². The van der Waals surface area contributed by atoms with Crippen molar-refractivity contribution >= 4 is 16.7 Å². The summed E-state index contributed by atoms with van der Waals surface area (Å²) in [6.07, 6.45) is 6.15. The SMILES string of the molecule is Cc1cc(-n2ncc3cc(CC(=O)C[C@H]4CNC[C@@H]4Oc4ccccc4)ncc32)ccn1. The Hall–Kier alpha value is -3.58. The highest BCUT2D eigenvalue weighted by atomic mass is 16.5. The fourth-order valence-electron chi connectivity index (χ4n) is 4.23. The highest BCUT2D eigenvalue weighted by molar-refractivity contribution is 5.84. The van der Waals surface area contributed by atoms with E-state index in [4.69, 9.17) is 4.74 Å². The van der Waals surface area contributed by atoms with E-state index in [-0.39, 0.29) is 17.8 Å². The van der Waals surface area contributed by atoms with Crippen LogP contribution in [-0.4, -0.2) is 44.7 Å². The van der Waals surface area contributed by atoms with Gasteiger partial charge in [-0.05, 0) is 37.3 Å². The van der Waals surface area contributed by atoms with Crippen molar-refractivity contribution in [1.29, 1.82) is 0 Å². The monoisotopic (exact) mass is 427 g/mol. The predicted octanol–water partition coefficient (Wildman–Crippen LogP) is 3.29. The molecule has 0 bridgehead atoms. The van der Waals surface area contributed by atoms with Gasteiger partial charge in [0.1, 0.15) is 17.6 Å². The molecule has 0 spiro atoms. The van der Waals surface area contributed by atoms with Gasteiger partial charge in [0.05, 0.1) is 23.6 Å².